The fraction of sp³-hybridized carbons (Fsp3) is 0.453. The largest absolute Gasteiger partial charge is 0.570 e. The number of benzene rings is 3. The second kappa shape index (κ2) is 32.4. The van der Waals surface area contributed by atoms with Crippen LogP contribution in [0.5, 0.6) is 17.4 Å². The molecule has 13 N–H and O–H groups in total. The van der Waals surface area contributed by atoms with Crippen molar-refractivity contribution in [3.8, 4) is 40.2 Å². The van der Waals surface area contributed by atoms with Crippen molar-refractivity contribution in [1.82, 2.24) is 73.4 Å². The molecule has 1 radical (unpaired) electrons. The highest BCUT2D eigenvalue weighted by molar-refractivity contribution is 14.1. The predicted molar refractivity (Wildman–Crippen MR) is 427 cm³/mol. The van der Waals surface area contributed by atoms with Crippen molar-refractivity contribution in [3.05, 3.63) is 101 Å². The summed E-state index contributed by atoms with van der Waals surface area (Å²) < 4.78 is 32.1. The molecule has 0 atom stereocenters. The molecule has 0 spiro atoms. The van der Waals surface area contributed by atoms with Gasteiger partial charge in [-0.2, -0.15) is 15.3 Å². The lowest BCUT2D eigenvalue weighted by atomic mass is 9.93. The summed E-state index contributed by atoms with van der Waals surface area (Å²) in [5, 5.41) is 74.3. The third-order valence-electron chi connectivity index (χ3n) is 19.9. The molecule has 3 aliphatic carbocycles. The van der Waals surface area contributed by atoms with Crippen molar-refractivity contribution in [3.63, 3.8) is 0 Å². The number of hydrogen-bond donors (Lipinski definition) is 10. The average molecular weight is 1610 g/mol. The van der Waals surface area contributed by atoms with Gasteiger partial charge in [0.05, 0.1) is 75.0 Å². The Hall–Kier alpha value is -9.52. The normalized spacial score (nSPS) is 18.5. The number of phenols is 1. The smallest absolute Gasteiger partial charge is 0.543 e. The first-order valence-corrected chi connectivity index (χ1v) is 40.1. The van der Waals surface area contributed by atoms with Gasteiger partial charge in [-0.3, -0.25) is 0 Å². The zero-order chi connectivity index (χ0) is 78.1. The maximum Gasteiger partial charge on any atom is 0.570 e. The maximum absolute atomic E-state index is 13.4. The van der Waals surface area contributed by atoms with Crippen LogP contribution in [0.1, 0.15) is 163 Å². The van der Waals surface area contributed by atoms with Gasteiger partial charge in [-0.25, -0.2) is 62.7 Å². The molecule has 3 saturated carbocycles. The van der Waals surface area contributed by atoms with Crippen LogP contribution >= 0.6 is 22.6 Å². The molecule has 3 aromatic carbocycles. The first kappa shape index (κ1) is 79.5. The van der Waals surface area contributed by atoms with Gasteiger partial charge in [0, 0.05) is 34.9 Å². The average Bonchev–Trinajstić information content (AvgIpc) is 1.59. The first-order valence-electron chi connectivity index (χ1n) is 36.1. The Balaban J connectivity index is 0.000000145. The Kier molecular flexibility index (Phi) is 23.8. The lowest BCUT2D eigenvalue weighted by Gasteiger charge is -2.36. The number of fused-ring (bicyclic) bond motifs is 6. The van der Waals surface area contributed by atoms with Crippen molar-refractivity contribution in [1.29, 1.82) is 0 Å². The Labute approximate surface area is 640 Å². The number of nitrogens with zero attached hydrogens (tertiary/aromatic N) is 14. The summed E-state index contributed by atoms with van der Waals surface area (Å²) in [7, 11) is -0.441. The van der Waals surface area contributed by atoms with Gasteiger partial charge in [-0.05, 0) is 227 Å². The number of aliphatic hydroxyl groups excluding tert-OH is 4. The molecule has 3 fully saturated rings. The van der Waals surface area contributed by atoms with Crippen LogP contribution in [0.15, 0.2) is 91.8 Å². The molecule has 9 heterocycles. The zero-order valence-electron chi connectivity index (χ0n) is 63.2. The summed E-state index contributed by atoms with van der Waals surface area (Å²) >= 11 is 2.16. The second-order valence-electron chi connectivity index (χ2n) is 31.0. The molecule has 0 amide bonds. The van der Waals surface area contributed by atoms with E-state index >= 15 is 0 Å². The number of carbonyl (C=O) groups excluding carboxylic acids is 2. The van der Waals surface area contributed by atoms with E-state index in [0.29, 0.717) is 83.3 Å². The number of nitrogens with one attached hydrogen (secondary N) is 1. The van der Waals surface area contributed by atoms with Crippen LogP contribution in [0.2, 0.25) is 18.1 Å². The Morgan fingerprint density at radius 1 is 0.556 bits per heavy atom. The molecule has 15 rings (SSSR count). The number of carbonyl (C=O) groups is 2. The maximum atomic E-state index is 13.4. The molecule has 0 unspecified atom stereocenters. The lowest BCUT2D eigenvalue weighted by Crippen LogP contribution is -2.43. The van der Waals surface area contributed by atoms with E-state index in [-0.39, 0.29) is 47.1 Å². The number of aliphatic hydroxyl groups is 4. The SMILES string of the molecule is CC(C)(C)OC(=O)n1c(O[B]O)cc2cc(O[Si](C)(C)C(C)(C)C)ccc21.CO.Cc1ccc2c(c1)cc(-c1nn(C3CCC(O)CC3)c3ncnc(N)c13)n2C(=O)OC(C)(C)C.Nc1ncnc2c1c(-c1cc3cc(O)ccc3[nH]1)nn2C1CCC(O)CC1.Nc1ncnc2c1c(I)nn2C1CCC(O)CC1. The van der Waals surface area contributed by atoms with Gasteiger partial charge >= 0.3 is 19.9 Å². The van der Waals surface area contributed by atoms with Gasteiger partial charge in [0.25, 0.3) is 0 Å². The number of anilines is 3. The van der Waals surface area contributed by atoms with Gasteiger partial charge < -0.3 is 71.3 Å². The number of aryl methyl sites for hydroxylation is 1. The molecular formula is C75H97BIN18O12Si. The van der Waals surface area contributed by atoms with Crippen LogP contribution in [0.25, 0.3) is 88.6 Å². The Bertz CT molecular complexity index is 5200. The molecule has 0 aliphatic heterocycles. The highest BCUT2D eigenvalue weighted by atomic mass is 127. The predicted octanol–water partition coefficient (Wildman–Crippen LogP) is 13.1. The van der Waals surface area contributed by atoms with Gasteiger partial charge in [-0.1, -0.05) is 32.4 Å². The minimum atomic E-state index is -1.98. The van der Waals surface area contributed by atoms with E-state index in [1.807, 2.05) is 90.3 Å². The standard InChI is InChI=1S/C25H30N6O3.C19H29BNO5Si.C19H20N6O2.C11H14IN5O.CH4O/c1-14-5-10-18-15(11-14)12-19(30(18)24(33)34-25(2,3)4)21-20-22(26)27-13-28-23(20)31(29-21)16-6-8-17(32)9-7-16;1-18(2,3)24-17(22)21-15-10-9-14(26-27(7,8)19(4,5)6)11-13(15)12-16(21)25-20-23;20-18-16-17(15-8-10-7-13(27)5-6-14(10)23-15)24-25(19(16)22-9-21-18)11-1-3-12(26)4-2-11;12-9-8-10(13)14-5-15-11(8)17(16-9)6-1-3-7(18)4-2-6;1-2/h5,10-13,16-17,32H,6-9H2,1-4H3,(H2,26,27,28);9-12,23H,1-8H3;5-9,11-12,23,26-27H,1-4H2,(H2,20,21,22);5-7,18H,1-4H2,(H2,13,14,15);2H,1H3. The number of phenolic OH excluding ortho intramolecular Hbond substituents is 1. The van der Waals surface area contributed by atoms with E-state index in [9.17, 15) is 30.0 Å². The molecule has 0 bridgehead atoms. The van der Waals surface area contributed by atoms with E-state index in [4.69, 9.17) is 56.1 Å². The third kappa shape index (κ3) is 17.5. The van der Waals surface area contributed by atoms with E-state index in [0.717, 1.165) is 136 Å². The molecule has 30 nitrogen and oxygen atoms in total. The minimum Gasteiger partial charge on any atom is -0.543 e. The second-order valence-corrected chi connectivity index (χ2v) is 36.8. The molecular weight excluding hydrogens is 1510 g/mol. The highest BCUT2D eigenvalue weighted by Crippen LogP contribution is 2.43. The van der Waals surface area contributed by atoms with Crippen LogP contribution in [-0.2, 0) is 9.47 Å². The number of ether oxygens (including phenoxy) is 2. The van der Waals surface area contributed by atoms with Crippen molar-refractivity contribution in [2.75, 3.05) is 24.3 Å². The van der Waals surface area contributed by atoms with Gasteiger partial charge in [0.1, 0.15) is 74.2 Å². The van der Waals surface area contributed by atoms with Crippen LogP contribution in [-0.4, -0.2) is 169 Å². The molecule has 108 heavy (non-hydrogen) atoms. The molecule has 9 aromatic heterocycles. The van der Waals surface area contributed by atoms with Crippen molar-refractivity contribution in [2.45, 2.75) is 212 Å². The number of H-pyrrole nitrogens is 1. The number of nitrogens with two attached hydrogens (primary N) is 3. The number of aromatic amines is 1. The van der Waals surface area contributed by atoms with E-state index in [1.54, 1.807) is 49.6 Å². The minimum absolute atomic E-state index is 0.0739. The monoisotopic (exact) mass is 1610 g/mol. The van der Waals surface area contributed by atoms with Crippen molar-refractivity contribution >= 4 is 134 Å². The van der Waals surface area contributed by atoms with Gasteiger partial charge in [-0.15, -0.1) is 0 Å². The fourth-order valence-corrected chi connectivity index (χ4v) is 15.3. The summed E-state index contributed by atoms with van der Waals surface area (Å²) in [6, 6.07) is 22.7. The number of rotatable bonds is 9. The van der Waals surface area contributed by atoms with E-state index in [2.05, 4.69) is 96.4 Å². The first-order chi connectivity index (χ1) is 51.1. The number of nitrogen functional groups attached to an aromatic ring is 3. The molecule has 3 aliphatic rings. The summed E-state index contributed by atoms with van der Waals surface area (Å²) in [5.41, 5.74) is 25.2. The number of halogens is 1. The van der Waals surface area contributed by atoms with Gasteiger partial charge in [0.2, 0.25) is 8.32 Å². The van der Waals surface area contributed by atoms with E-state index in [1.165, 1.54) is 23.5 Å². The number of hydrogen-bond acceptors (Lipinski definition) is 24. The summed E-state index contributed by atoms with van der Waals surface area (Å²) in [4.78, 5) is 55.0. The summed E-state index contributed by atoms with van der Waals surface area (Å²) in [5.74, 6) is 2.30. The molecule has 573 valence electrons. The highest BCUT2D eigenvalue weighted by Gasteiger charge is 2.40. The van der Waals surface area contributed by atoms with E-state index < -0.39 is 31.7 Å². The molecule has 0 saturated heterocycles. The van der Waals surface area contributed by atoms with Crippen LogP contribution in [0.4, 0.5) is 27.0 Å². The molecule has 12 aromatic rings. The zero-order valence-corrected chi connectivity index (χ0v) is 66.3. The van der Waals surface area contributed by atoms with Crippen LogP contribution < -0.4 is 26.3 Å². The fourth-order valence-electron chi connectivity index (χ4n) is 13.6. The third-order valence-corrected chi connectivity index (χ3v) is 25.0. The molecule has 33 heteroatoms. The Morgan fingerprint density at radius 2 is 1.01 bits per heavy atom. The van der Waals surface area contributed by atoms with Crippen LogP contribution in [0, 0.1) is 10.6 Å². The van der Waals surface area contributed by atoms with Gasteiger partial charge in [0.15, 0.2) is 22.8 Å². The van der Waals surface area contributed by atoms with Crippen LogP contribution in [0.3, 0.4) is 0 Å². The Morgan fingerprint density at radius 3 is 1.52 bits per heavy atom. The summed E-state index contributed by atoms with van der Waals surface area (Å²) in [6.45, 7) is 23.8. The quantitative estimate of drug-likeness (QED) is 0.0474. The topological polar surface area (TPSA) is 427 Å². The number of aromatic hydroxyl groups is 1. The number of aromatic nitrogens is 15. The lowest BCUT2D eigenvalue weighted by molar-refractivity contribution is 0.0529. The summed E-state index contributed by atoms with van der Waals surface area (Å²) in [6.07, 6.45) is 12.3. The van der Waals surface area contributed by atoms with Crippen molar-refractivity contribution in [2.24, 2.45) is 0 Å². The van der Waals surface area contributed by atoms with Crippen molar-refractivity contribution < 1.29 is 58.7 Å².